The highest BCUT2D eigenvalue weighted by Crippen LogP contribution is 2.20. The normalized spacial score (nSPS) is 10.3. The number of anilines is 1. The minimum absolute atomic E-state index is 0.109. The standard InChI is InChI=1S/C11H12FNO2/c1-3-4-11(14)13-10-7-8(15-2)5-6-9(10)12/h3-7H,1-2H3,(H,13,14). The fourth-order valence-electron chi connectivity index (χ4n) is 1.05. The topological polar surface area (TPSA) is 38.3 Å². The number of carbonyl (C=O) groups excluding carboxylic acids is 1. The first kappa shape index (κ1) is 11.2. The largest absolute Gasteiger partial charge is 0.497 e. The summed E-state index contributed by atoms with van der Waals surface area (Å²) in [5.41, 5.74) is 0.109. The predicted molar refractivity (Wildman–Crippen MR) is 56.4 cm³/mol. The Hall–Kier alpha value is -1.84. The Kier molecular flexibility index (Phi) is 3.85. The van der Waals surface area contributed by atoms with E-state index in [0.717, 1.165) is 0 Å². The Labute approximate surface area is 87.6 Å². The first-order valence-electron chi connectivity index (χ1n) is 4.44. The first-order chi connectivity index (χ1) is 7.17. The maximum Gasteiger partial charge on any atom is 0.248 e. The van der Waals surface area contributed by atoms with Crippen molar-refractivity contribution in [2.75, 3.05) is 12.4 Å². The molecule has 4 heteroatoms. The van der Waals surface area contributed by atoms with Gasteiger partial charge in [-0.1, -0.05) is 6.08 Å². The van der Waals surface area contributed by atoms with Gasteiger partial charge in [0, 0.05) is 6.07 Å². The third kappa shape index (κ3) is 3.09. The molecule has 0 radical (unpaired) electrons. The molecule has 1 aromatic rings. The molecular weight excluding hydrogens is 197 g/mol. The number of hydrogen-bond acceptors (Lipinski definition) is 2. The molecule has 1 aromatic carbocycles. The Bertz CT molecular complexity index is 388. The van der Waals surface area contributed by atoms with Gasteiger partial charge in [-0.2, -0.15) is 0 Å². The second kappa shape index (κ2) is 5.14. The molecule has 0 unspecified atom stereocenters. The molecule has 0 saturated carbocycles. The fourth-order valence-corrected chi connectivity index (χ4v) is 1.05. The van der Waals surface area contributed by atoms with Crippen LogP contribution in [-0.2, 0) is 4.79 Å². The molecule has 80 valence electrons. The Morgan fingerprint density at radius 3 is 2.87 bits per heavy atom. The summed E-state index contributed by atoms with van der Waals surface area (Å²) in [6.07, 6.45) is 2.90. The van der Waals surface area contributed by atoms with Crippen LogP contribution < -0.4 is 10.1 Å². The van der Waals surface area contributed by atoms with Crippen LogP contribution in [0, 0.1) is 5.82 Å². The molecule has 0 aromatic heterocycles. The van der Waals surface area contributed by atoms with Crippen LogP contribution in [0.2, 0.25) is 0 Å². The molecular formula is C11H12FNO2. The molecule has 0 aliphatic heterocycles. The van der Waals surface area contributed by atoms with Gasteiger partial charge in [0.2, 0.25) is 5.91 Å². The smallest absolute Gasteiger partial charge is 0.248 e. The Balaban J connectivity index is 2.88. The molecule has 0 heterocycles. The van der Waals surface area contributed by atoms with E-state index in [0.29, 0.717) is 5.75 Å². The second-order valence-electron chi connectivity index (χ2n) is 2.84. The number of ether oxygens (including phenoxy) is 1. The van der Waals surface area contributed by atoms with E-state index < -0.39 is 5.82 Å². The summed E-state index contributed by atoms with van der Waals surface area (Å²) < 4.78 is 18.1. The zero-order chi connectivity index (χ0) is 11.3. The van der Waals surface area contributed by atoms with E-state index in [1.165, 1.54) is 31.4 Å². The minimum Gasteiger partial charge on any atom is -0.497 e. The monoisotopic (exact) mass is 209 g/mol. The molecule has 0 saturated heterocycles. The summed E-state index contributed by atoms with van der Waals surface area (Å²) in [5, 5.41) is 2.41. The van der Waals surface area contributed by atoms with Crippen LogP contribution in [0.3, 0.4) is 0 Å². The van der Waals surface area contributed by atoms with Crippen molar-refractivity contribution in [2.24, 2.45) is 0 Å². The third-order valence-electron chi connectivity index (χ3n) is 1.75. The average Bonchev–Trinajstić information content (AvgIpc) is 2.21. The Morgan fingerprint density at radius 2 is 2.27 bits per heavy atom. The van der Waals surface area contributed by atoms with Gasteiger partial charge in [-0.05, 0) is 25.1 Å². The number of nitrogens with one attached hydrogen (secondary N) is 1. The lowest BCUT2D eigenvalue weighted by atomic mass is 10.3. The van der Waals surface area contributed by atoms with E-state index in [9.17, 15) is 9.18 Å². The van der Waals surface area contributed by atoms with E-state index in [-0.39, 0.29) is 11.6 Å². The van der Waals surface area contributed by atoms with Crippen molar-refractivity contribution in [1.82, 2.24) is 0 Å². The third-order valence-corrected chi connectivity index (χ3v) is 1.75. The lowest BCUT2D eigenvalue weighted by Gasteiger charge is -2.06. The number of carbonyl (C=O) groups is 1. The van der Waals surface area contributed by atoms with Crippen LogP contribution in [0.5, 0.6) is 5.75 Å². The number of hydrogen-bond donors (Lipinski definition) is 1. The quantitative estimate of drug-likeness (QED) is 0.776. The van der Waals surface area contributed by atoms with Crippen molar-refractivity contribution < 1.29 is 13.9 Å². The number of allylic oxidation sites excluding steroid dienone is 1. The average molecular weight is 209 g/mol. The van der Waals surface area contributed by atoms with Crippen LogP contribution >= 0.6 is 0 Å². The lowest BCUT2D eigenvalue weighted by Crippen LogP contribution is -2.09. The van der Waals surface area contributed by atoms with Crippen molar-refractivity contribution in [3.63, 3.8) is 0 Å². The summed E-state index contributed by atoms with van der Waals surface area (Å²) in [4.78, 5) is 11.2. The molecule has 0 atom stereocenters. The summed E-state index contributed by atoms with van der Waals surface area (Å²) >= 11 is 0. The molecule has 0 fully saturated rings. The number of rotatable bonds is 3. The first-order valence-corrected chi connectivity index (χ1v) is 4.44. The number of halogens is 1. The SMILES string of the molecule is CC=CC(=O)Nc1cc(OC)ccc1F. The van der Waals surface area contributed by atoms with Gasteiger partial charge in [-0.15, -0.1) is 0 Å². The summed E-state index contributed by atoms with van der Waals surface area (Å²) in [7, 11) is 1.48. The van der Waals surface area contributed by atoms with Crippen molar-refractivity contribution in [3.8, 4) is 5.75 Å². The number of benzene rings is 1. The van der Waals surface area contributed by atoms with Crippen LogP contribution in [0.25, 0.3) is 0 Å². The van der Waals surface area contributed by atoms with Gasteiger partial charge in [0.25, 0.3) is 0 Å². The zero-order valence-corrected chi connectivity index (χ0v) is 8.58. The molecule has 1 rings (SSSR count). The van der Waals surface area contributed by atoms with Gasteiger partial charge in [0.1, 0.15) is 11.6 Å². The molecule has 0 aliphatic rings. The molecule has 0 spiro atoms. The van der Waals surface area contributed by atoms with E-state index in [1.54, 1.807) is 13.0 Å². The summed E-state index contributed by atoms with van der Waals surface area (Å²) in [5.74, 6) is -0.370. The summed E-state index contributed by atoms with van der Waals surface area (Å²) in [6.45, 7) is 1.71. The molecule has 1 N–H and O–H groups in total. The lowest BCUT2D eigenvalue weighted by molar-refractivity contribution is -0.111. The number of methoxy groups -OCH3 is 1. The highest BCUT2D eigenvalue weighted by Gasteiger charge is 2.05. The fraction of sp³-hybridized carbons (Fsp3) is 0.182. The van der Waals surface area contributed by atoms with Crippen LogP contribution in [0.1, 0.15) is 6.92 Å². The van der Waals surface area contributed by atoms with Crippen molar-refractivity contribution in [2.45, 2.75) is 6.92 Å². The van der Waals surface area contributed by atoms with Crippen molar-refractivity contribution in [3.05, 3.63) is 36.2 Å². The molecule has 1 amide bonds. The van der Waals surface area contributed by atoms with Crippen molar-refractivity contribution >= 4 is 11.6 Å². The van der Waals surface area contributed by atoms with E-state index in [2.05, 4.69) is 5.32 Å². The van der Waals surface area contributed by atoms with Gasteiger partial charge < -0.3 is 10.1 Å². The predicted octanol–water partition coefficient (Wildman–Crippen LogP) is 2.35. The van der Waals surface area contributed by atoms with Crippen LogP contribution in [0.4, 0.5) is 10.1 Å². The molecule has 15 heavy (non-hydrogen) atoms. The highest BCUT2D eigenvalue weighted by molar-refractivity contribution is 5.99. The Morgan fingerprint density at radius 1 is 1.53 bits per heavy atom. The van der Waals surface area contributed by atoms with Gasteiger partial charge in [0.05, 0.1) is 12.8 Å². The van der Waals surface area contributed by atoms with Crippen LogP contribution in [0.15, 0.2) is 30.4 Å². The van der Waals surface area contributed by atoms with E-state index in [4.69, 9.17) is 4.74 Å². The zero-order valence-electron chi connectivity index (χ0n) is 8.58. The van der Waals surface area contributed by atoms with Gasteiger partial charge in [0.15, 0.2) is 0 Å². The van der Waals surface area contributed by atoms with Gasteiger partial charge in [-0.25, -0.2) is 4.39 Å². The molecule has 0 bridgehead atoms. The van der Waals surface area contributed by atoms with Crippen LogP contribution in [-0.4, -0.2) is 13.0 Å². The summed E-state index contributed by atoms with van der Waals surface area (Å²) in [6, 6.07) is 4.15. The highest BCUT2D eigenvalue weighted by atomic mass is 19.1. The van der Waals surface area contributed by atoms with E-state index in [1.807, 2.05) is 0 Å². The molecule has 0 aliphatic carbocycles. The van der Waals surface area contributed by atoms with Crippen molar-refractivity contribution in [1.29, 1.82) is 0 Å². The van der Waals surface area contributed by atoms with Gasteiger partial charge >= 0.3 is 0 Å². The number of amides is 1. The minimum atomic E-state index is -0.492. The second-order valence-corrected chi connectivity index (χ2v) is 2.84. The molecule has 3 nitrogen and oxygen atoms in total. The maximum absolute atomic E-state index is 13.2. The maximum atomic E-state index is 13.2. The van der Waals surface area contributed by atoms with E-state index >= 15 is 0 Å². The van der Waals surface area contributed by atoms with Gasteiger partial charge in [-0.3, -0.25) is 4.79 Å².